The molecule has 0 aliphatic rings. The van der Waals surface area contributed by atoms with E-state index >= 15 is 0 Å². The Morgan fingerprint density at radius 3 is 1.01 bits per heavy atom. The van der Waals surface area contributed by atoms with Gasteiger partial charge in [-0.1, -0.05) is 340 Å². The summed E-state index contributed by atoms with van der Waals surface area (Å²) < 4.78 is 5.48. The number of hydrogen-bond donors (Lipinski definition) is 3. The largest absolute Gasteiger partial charge is 0.466 e. The van der Waals surface area contributed by atoms with Crippen LogP contribution in [0.4, 0.5) is 0 Å². The molecule has 0 aliphatic heterocycles. The van der Waals surface area contributed by atoms with Crippen molar-refractivity contribution < 1.29 is 24.5 Å². The Kier molecular flexibility index (Phi) is 64.4. The van der Waals surface area contributed by atoms with Crippen LogP contribution in [0.1, 0.15) is 386 Å². The second kappa shape index (κ2) is 65.9. The van der Waals surface area contributed by atoms with Crippen molar-refractivity contribution in [3.8, 4) is 0 Å². The highest BCUT2D eigenvalue weighted by Gasteiger charge is 2.20. The van der Waals surface area contributed by atoms with Gasteiger partial charge in [0.05, 0.1) is 25.4 Å². The Labute approximate surface area is 475 Å². The van der Waals surface area contributed by atoms with Gasteiger partial charge in [0.2, 0.25) is 5.91 Å². The number of allylic oxidation sites excluding steroid dienone is 4. The summed E-state index contributed by atoms with van der Waals surface area (Å²) in [5, 5.41) is 23.4. The molecule has 0 fully saturated rings. The molecule has 2 atom stereocenters. The van der Waals surface area contributed by atoms with Crippen LogP contribution in [0, 0.1) is 0 Å². The zero-order valence-corrected chi connectivity index (χ0v) is 51.5. The van der Waals surface area contributed by atoms with Crippen LogP contribution < -0.4 is 5.32 Å². The van der Waals surface area contributed by atoms with E-state index in [2.05, 4.69) is 43.5 Å². The third-order valence-corrected chi connectivity index (χ3v) is 16.3. The number of hydrogen-bond acceptors (Lipinski definition) is 5. The molecule has 0 aromatic rings. The summed E-state index contributed by atoms with van der Waals surface area (Å²) in [7, 11) is 0. The average Bonchev–Trinajstić information content (AvgIpc) is 3.42. The molecule has 0 heterocycles. The summed E-state index contributed by atoms with van der Waals surface area (Å²) in [6, 6.07) is -0.547. The minimum absolute atomic E-state index is 0.00495. The molecule has 3 N–H and O–H groups in total. The van der Waals surface area contributed by atoms with Crippen LogP contribution in [0.2, 0.25) is 0 Å². The Balaban J connectivity index is 3.41. The van der Waals surface area contributed by atoms with Crippen LogP contribution in [0.3, 0.4) is 0 Å². The van der Waals surface area contributed by atoms with Crippen molar-refractivity contribution in [3.63, 3.8) is 0 Å². The molecule has 0 aromatic carbocycles. The van der Waals surface area contributed by atoms with Crippen LogP contribution in [0.25, 0.3) is 0 Å². The maximum absolute atomic E-state index is 12.6. The molecule has 0 spiro atoms. The number of unbranched alkanes of at least 4 members (excludes halogenated alkanes) is 50. The highest BCUT2D eigenvalue weighted by atomic mass is 16.5. The third-order valence-electron chi connectivity index (χ3n) is 16.3. The van der Waals surface area contributed by atoms with E-state index in [0.717, 1.165) is 51.4 Å². The highest BCUT2D eigenvalue weighted by molar-refractivity contribution is 5.76. The second-order valence-corrected chi connectivity index (χ2v) is 23.9. The zero-order chi connectivity index (χ0) is 55.0. The zero-order valence-electron chi connectivity index (χ0n) is 51.5. The molecule has 2 unspecified atom stereocenters. The van der Waals surface area contributed by atoms with Crippen LogP contribution in [-0.4, -0.2) is 47.4 Å². The van der Waals surface area contributed by atoms with Crippen LogP contribution in [0.15, 0.2) is 24.3 Å². The molecule has 0 rings (SSSR count). The summed E-state index contributed by atoms with van der Waals surface area (Å²) in [5.74, 6) is -0.0396. The fourth-order valence-corrected chi connectivity index (χ4v) is 11.0. The highest BCUT2D eigenvalue weighted by Crippen LogP contribution is 2.19. The first-order chi connectivity index (χ1) is 37.5. The molecule has 0 aliphatic carbocycles. The van der Waals surface area contributed by atoms with Gasteiger partial charge < -0.3 is 20.3 Å². The van der Waals surface area contributed by atoms with E-state index in [1.54, 1.807) is 0 Å². The van der Waals surface area contributed by atoms with E-state index < -0.39 is 12.1 Å². The molecule has 1 amide bonds. The molecule has 0 bridgehead atoms. The second-order valence-electron chi connectivity index (χ2n) is 23.9. The number of amides is 1. The summed E-state index contributed by atoms with van der Waals surface area (Å²) >= 11 is 0. The SMILES string of the molecule is CCCCCC/C=C\C/C=C\CCCCCCCC(=O)OCCCCCCCCCCCCCCCCCCCCC(=O)NC(CO)C(O)CCCCCCCCCCCCCCCCCCCCCCCCCCC. The molecule has 0 radical (unpaired) electrons. The van der Waals surface area contributed by atoms with E-state index in [9.17, 15) is 19.8 Å². The van der Waals surface area contributed by atoms with E-state index in [1.165, 1.54) is 302 Å². The lowest BCUT2D eigenvalue weighted by atomic mass is 10.0. The van der Waals surface area contributed by atoms with E-state index in [1.807, 2.05) is 0 Å². The van der Waals surface area contributed by atoms with E-state index in [0.29, 0.717) is 25.9 Å². The molecular formula is C70H135NO5. The summed E-state index contributed by atoms with van der Waals surface area (Å²) in [6.45, 7) is 4.96. The Morgan fingerprint density at radius 1 is 0.368 bits per heavy atom. The van der Waals surface area contributed by atoms with Crippen molar-refractivity contribution in [2.75, 3.05) is 13.2 Å². The molecule has 0 aromatic heterocycles. The number of aliphatic hydroxyl groups is 2. The van der Waals surface area contributed by atoms with Crippen molar-refractivity contribution in [3.05, 3.63) is 24.3 Å². The van der Waals surface area contributed by atoms with Crippen LogP contribution >= 0.6 is 0 Å². The molecular weight excluding hydrogens is 935 g/mol. The fourth-order valence-electron chi connectivity index (χ4n) is 11.0. The van der Waals surface area contributed by atoms with Gasteiger partial charge in [0.1, 0.15) is 0 Å². The first-order valence-corrected chi connectivity index (χ1v) is 34.6. The summed E-state index contributed by atoms with van der Waals surface area (Å²) in [6.07, 6.45) is 82.1. The lowest BCUT2D eigenvalue weighted by Gasteiger charge is -2.22. The molecule has 0 saturated carbocycles. The average molecular weight is 1070 g/mol. The first-order valence-electron chi connectivity index (χ1n) is 34.6. The predicted octanol–water partition coefficient (Wildman–Crippen LogP) is 22.1. The van der Waals surface area contributed by atoms with Gasteiger partial charge in [-0.15, -0.1) is 0 Å². The molecule has 6 heteroatoms. The minimum atomic E-state index is -0.669. The summed E-state index contributed by atoms with van der Waals surface area (Å²) in [4.78, 5) is 24.6. The van der Waals surface area contributed by atoms with E-state index in [4.69, 9.17) is 4.74 Å². The van der Waals surface area contributed by atoms with Gasteiger partial charge in [-0.3, -0.25) is 9.59 Å². The first kappa shape index (κ1) is 74.3. The number of esters is 1. The fraction of sp³-hybridized carbons (Fsp3) is 0.914. The van der Waals surface area contributed by atoms with Crippen molar-refractivity contribution in [1.82, 2.24) is 5.32 Å². The Hall–Kier alpha value is -1.66. The number of nitrogens with one attached hydrogen (secondary N) is 1. The van der Waals surface area contributed by atoms with Gasteiger partial charge in [-0.2, -0.15) is 0 Å². The van der Waals surface area contributed by atoms with Crippen molar-refractivity contribution >= 4 is 11.9 Å². The molecule has 450 valence electrons. The van der Waals surface area contributed by atoms with Gasteiger partial charge in [-0.05, 0) is 57.8 Å². The van der Waals surface area contributed by atoms with Crippen molar-refractivity contribution in [1.29, 1.82) is 0 Å². The Morgan fingerprint density at radius 2 is 0.658 bits per heavy atom. The number of ether oxygens (including phenoxy) is 1. The standard InChI is InChI=1S/C70H135NO5/c1-3-5-7-9-11-13-15-17-19-21-22-23-24-25-26-27-28-31-34-38-42-46-50-54-58-62-68(73)67(66-72)71-69(74)63-59-55-51-47-43-39-35-32-29-30-33-37-41-45-49-53-57-61-65-76-70(75)64-60-56-52-48-44-40-36-20-18-16-14-12-10-8-6-4-2/h14,16,20,36,67-68,72-73H,3-13,15,17-19,21-35,37-66H2,1-2H3,(H,71,74)/b16-14-,36-20-. The lowest BCUT2D eigenvalue weighted by molar-refractivity contribution is -0.143. The van der Waals surface area contributed by atoms with Gasteiger partial charge in [0, 0.05) is 12.8 Å². The molecule has 6 nitrogen and oxygen atoms in total. The maximum atomic E-state index is 12.6. The topological polar surface area (TPSA) is 95.9 Å². The normalized spacial score (nSPS) is 12.6. The van der Waals surface area contributed by atoms with E-state index in [-0.39, 0.29) is 18.5 Å². The quantitative estimate of drug-likeness (QED) is 0.0320. The van der Waals surface area contributed by atoms with Crippen LogP contribution in [0.5, 0.6) is 0 Å². The lowest BCUT2D eigenvalue weighted by Crippen LogP contribution is -2.45. The van der Waals surface area contributed by atoms with Crippen molar-refractivity contribution in [2.45, 2.75) is 398 Å². The van der Waals surface area contributed by atoms with Gasteiger partial charge >= 0.3 is 5.97 Å². The predicted molar refractivity (Wildman–Crippen MR) is 333 cm³/mol. The monoisotopic (exact) mass is 1070 g/mol. The number of carbonyl (C=O) groups is 2. The van der Waals surface area contributed by atoms with Crippen LogP contribution in [-0.2, 0) is 14.3 Å². The molecule has 76 heavy (non-hydrogen) atoms. The van der Waals surface area contributed by atoms with Crippen molar-refractivity contribution in [2.24, 2.45) is 0 Å². The molecule has 0 saturated heterocycles. The summed E-state index contributed by atoms with van der Waals surface area (Å²) in [5.41, 5.74) is 0. The van der Waals surface area contributed by atoms with Gasteiger partial charge in [0.25, 0.3) is 0 Å². The third kappa shape index (κ3) is 61.6. The minimum Gasteiger partial charge on any atom is -0.466 e. The maximum Gasteiger partial charge on any atom is 0.305 e. The van der Waals surface area contributed by atoms with Gasteiger partial charge in [-0.25, -0.2) is 0 Å². The smallest absolute Gasteiger partial charge is 0.305 e. The number of rotatable bonds is 65. The number of aliphatic hydroxyl groups excluding tert-OH is 2. The Bertz CT molecular complexity index is 1190. The van der Waals surface area contributed by atoms with Gasteiger partial charge in [0.15, 0.2) is 0 Å². The number of carbonyl (C=O) groups excluding carboxylic acids is 2.